The molecule has 1 fully saturated rings. The average molecular weight is 526 g/mol. The number of hydrogen-bond donors (Lipinski definition) is 3. The van der Waals surface area contributed by atoms with Gasteiger partial charge in [0.25, 0.3) is 5.91 Å². The highest BCUT2D eigenvalue weighted by Crippen LogP contribution is 2.38. The van der Waals surface area contributed by atoms with E-state index in [-0.39, 0.29) is 23.6 Å². The van der Waals surface area contributed by atoms with Crippen LogP contribution in [0.4, 0.5) is 10.5 Å². The van der Waals surface area contributed by atoms with Crippen molar-refractivity contribution in [2.75, 3.05) is 11.1 Å². The fourth-order valence-corrected chi connectivity index (χ4v) is 4.61. The lowest BCUT2D eigenvalue weighted by molar-refractivity contribution is -0.141. The molecule has 8 heteroatoms. The predicted octanol–water partition coefficient (Wildman–Crippen LogP) is 5.41. The minimum atomic E-state index is -0.945. The van der Waals surface area contributed by atoms with Crippen LogP contribution < -0.4 is 10.6 Å². The van der Waals surface area contributed by atoms with Gasteiger partial charge < -0.3 is 20.3 Å². The van der Waals surface area contributed by atoms with Crippen molar-refractivity contribution >= 4 is 36.2 Å². The number of aryl methyl sites for hydroxylation is 4. The Hall–Kier alpha value is -3.00. The van der Waals surface area contributed by atoms with Crippen molar-refractivity contribution in [1.29, 1.82) is 0 Å². The molecule has 2 aromatic rings. The lowest BCUT2D eigenvalue weighted by Crippen LogP contribution is -2.54. The van der Waals surface area contributed by atoms with Gasteiger partial charge in [0.15, 0.2) is 0 Å². The Balaban J connectivity index is 2.03. The van der Waals surface area contributed by atoms with Gasteiger partial charge in [0, 0.05) is 17.5 Å². The van der Waals surface area contributed by atoms with Crippen LogP contribution in [0.5, 0.6) is 0 Å². The summed E-state index contributed by atoms with van der Waals surface area (Å²) >= 11 is 4.36. The lowest BCUT2D eigenvalue weighted by Gasteiger charge is -2.35. The Bertz CT molecular complexity index is 1150. The number of para-hydroxylation sites is 1. The van der Waals surface area contributed by atoms with Crippen LogP contribution in [0.3, 0.4) is 0 Å². The third-order valence-corrected chi connectivity index (χ3v) is 6.72. The molecule has 3 amide bonds. The number of benzene rings is 2. The monoisotopic (exact) mass is 525 g/mol. The molecule has 1 saturated carbocycles. The minimum Gasteiger partial charge on any atom is -0.444 e. The molecular weight excluding hydrogens is 486 g/mol. The molecule has 0 radical (unpaired) electrons. The van der Waals surface area contributed by atoms with E-state index in [9.17, 15) is 14.4 Å². The zero-order valence-electron chi connectivity index (χ0n) is 22.8. The molecule has 0 spiro atoms. The Morgan fingerprint density at radius 1 is 1.03 bits per heavy atom. The molecule has 37 heavy (non-hydrogen) atoms. The largest absolute Gasteiger partial charge is 0.444 e. The van der Waals surface area contributed by atoms with E-state index in [1.807, 2.05) is 64.1 Å². The van der Waals surface area contributed by atoms with E-state index >= 15 is 0 Å². The number of anilines is 1. The fraction of sp³-hybridized carbons (Fsp3) is 0.483. The van der Waals surface area contributed by atoms with Crippen molar-refractivity contribution in [3.8, 4) is 0 Å². The lowest BCUT2D eigenvalue weighted by atomic mass is 9.95. The normalized spacial score (nSPS) is 14.9. The molecular formula is C29H39N3O4S. The van der Waals surface area contributed by atoms with Crippen molar-refractivity contribution in [3.63, 3.8) is 0 Å². The number of nitrogens with zero attached hydrogens (tertiary/aromatic N) is 1. The Morgan fingerprint density at radius 3 is 2.19 bits per heavy atom. The molecule has 3 rings (SSSR count). The highest BCUT2D eigenvalue weighted by atomic mass is 32.1. The zero-order valence-corrected chi connectivity index (χ0v) is 23.7. The number of amides is 3. The summed E-state index contributed by atoms with van der Waals surface area (Å²) < 4.78 is 5.37. The van der Waals surface area contributed by atoms with E-state index in [2.05, 4.69) is 23.3 Å². The predicted molar refractivity (Wildman–Crippen MR) is 150 cm³/mol. The minimum absolute atomic E-state index is 0.0688. The van der Waals surface area contributed by atoms with Crippen LogP contribution in [0.25, 0.3) is 0 Å². The van der Waals surface area contributed by atoms with Gasteiger partial charge in [-0.05, 0) is 83.6 Å². The topological polar surface area (TPSA) is 87.7 Å². The number of thiol groups is 1. The second-order valence-corrected chi connectivity index (χ2v) is 11.2. The van der Waals surface area contributed by atoms with Crippen LogP contribution >= 0.6 is 12.6 Å². The van der Waals surface area contributed by atoms with Crippen molar-refractivity contribution < 1.29 is 19.1 Å². The van der Waals surface area contributed by atoms with E-state index in [1.165, 1.54) is 0 Å². The highest BCUT2D eigenvalue weighted by molar-refractivity contribution is 7.80. The van der Waals surface area contributed by atoms with Crippen LogP contribution in [-0.2, 0) is 14.3 Å². The van der Waals surface area contributed by atoms with Crippen LogP contribution in [0.1, 0.15) is 67.5 Å². The van der Waals surface area contributed by atoms with E-state index in [0.29, 0.717) is 0 Å². The Morgan fingerprint density at radius 2 is 1.65 bits per heavy atom. The van der Waals surface area contributed by atoms with Gasteiger partial charge in [-0.25, -0.2) is 4.79 Å². The van der Waals surface area contributed by atoms with Crippen molar-refractivity contribution in [3.05, 3.63) is 64.2 Å². The molecule has 200 valence electrons. The summed E-state index contributed by atoms with van der Waals surface area (Å²) in [6.07, 6.45) is 0.879. The number of ether oxygens (including phenoxy) is 1. The van der Waals surface area contributed by atoms with Gasteiger partial charge in [-0.3, -0.25) is 9.59 Å². The van der Waals surface area contributed by atoms with Crippen LogP contribution in [0.15, 0.2) is 36.4 Å². The standard InChI is InChI=1S/C29H39N3O4S/c1-17-11-12-18(2)22(15-17)25(26(33)31-24-19(3)9-8-10-20(24)4)32(21-13-14-21)27(34)23(16-37)30-28(35)36-29(5,6)7/h8-12,15,21,23,25,37H,13-14,16H2,1-7H3,(H,30,35)(H,31,33). The molecule has 7 nitrogen and oxygen atoms in total. The maximum Gasteiger partial charge on any atom is 0.408 e. The molecule has 0 aromatic heterocycles. The first kappa shape index (κ1) is 28.6. The van der Waals surface area contributed by atoms with E-state index in [1.54, 1.807) is 25.7 Å². The number of alkyl carbamates (subject to hydrolysis) is 1. The Kier molecular flexibility index (Phi) is 8.95. The third kappa shape index (κ3) is 7.28. The maximum absolute atomic E-state index is 14.0. The summed E-state index contributed by atoms with van der Waals surface area (Å²) in [6, 6.07) is 9.83. The quantitative estimate of drug-likeness (QED) is 0.402. The molecule has 0 saturated heterocycles. The molecule has 2 atom stereocenters. The van der Waals surface area contributed by atoms with Gasteiger partial charge in [0.1, 0.15) is 17.7 Å². The third-order valence-electron chi connectivity index (χ3n) is 6.35. The van der Waals surface area contributed by atoms with E-state index < -0.39 is 23.8 Å². The zero-order chi connectivity index (χ0) is 27.5. The molecule has 2 aromatic carbocycles. The molecule has 0 aliphatic heterocycles. The van der Waals surface area contributed by atoms with Gasteiger partial charge in [0.05, 0.1) is 0 Å². The van der Waals surface area contributed by atoms with Gasteiger partial charge >= 0.3 is 6.09 Å². The van der Waals surface area contributed by atoms with Gasteiger partial charge in [-0.1, -0.05) is 42.0 Å². The van der Waals surface area contributed by atoms with Crippen molar-refractivity contribution in [2.45, 2.75) is 85.0 Å². The molecule has 0 heterocycles. The summed E-state index contributed by atoms with van der Waals surface area (Å²) in [4.78, 5) is 42.2. The van der Waals surface area contributed by atoms with Crippen LogP contribution in [-0.4, -0.2) is 46.2 Å². The first-order valence-corrected chi connectivity index (χ1v) is 13.3. The van der Waals surface area contributed by atoms with Crippen LogP contribution in [0, 0.1) is 27.7 Å². The number of rotatable bonds is 8. The summed E-state index contributed by atoms with van der Waals surface area (Å²) in [7, 11) is 0. The SMILES string of the molecule is Cc1ccc(C)c(C(C(=O)Nc2c(C)cccc2C)N(C(=O)C(CS)NC(=O)OC(C)(C)C)C2CC2)c1. The fourth-order valence-electron chi connectivity index (χ4n) is 4.36. The van der Waals surface area contributed by atoms with Gasteiger partial charge in [-0.15, -0.1) is 0 Å². The number of carbonyl (C=O) groups is 3. The number of hydrogen-bond acceptors (Lipinski definition) is 5. The molecule has 1 aliphatic rings. The summed E-state index contributed by atoms with van der Waals surface area (Å²) in [5.41, 5.74) is 4.58. The second-order valence-electron chi connectivity index (χ2n) is 10.9. The molecule has 2 unspecified atom stereocenters. The van der Waals surface area contributed by atoms with Crippen molar-refractivity contribution in [2.24, 2.45) is 0 Å². The number of carbonyl (C=O) groups excluding carboxylic acids is 3. The molecule has 2 N–H and O–H groups in total. The average Bonchev–Trinajstić information content (AvgIpc) is 3.63. The first-order valence-electron chi connectivity index (χ1n) is 12.7. The highest BCUT2D eigenvalue weighted by Gasteiger charge is 2.44. The van der Waals surface area contributed by atoms with Crippen LogP contribution in [0.2, 0.25) is 0 Å². The summed E-state index contributed by atoms with van der Waals surface area (Å²) in [5, 5.41) is 5.77. The summed E-state index contributed by atoms with van der Waals surface area (Å²) in [6.45, 7) is 13.1. The molecule has 0 bridgehead atoms. The first-order chi connectivity index (χ1) is 17.3. The number of nitrogens with one attached hydrogen (secondary N) is 2. The molecule has 1 aliphatic carbocycles. The van der Waals surface area contributed by atoms with Gasteiger partial charge in [-0.2, -0.15) is 12.6 Å². The van der Waals surface area contributed by atoms with Crippen molar-refractivity contribution in [1.82, 2.24) is 10.2 Å². The maximum atomic E-state index is 14.0. The second kappa shape index (κ2) is 11.6. The Labute approximate surface area is 225 Å². The smallest absolute Gasteiger partial charge is 0.408 e. The van der Waals surface area contributed by atoms with Gasteiger partial charge in [0.2, 0.25) is 5.91 Å². The van der Waals surface area contributed by atoms with E-state index in [0.717, 1.165) is 46.3 Å². The summed E-state index contributed by atoms with van der Waals surface area (Å²) in [5.74, 6) is -0.577. The van der Waals surface area contributed by atoms with E-state index in [4.69, 9.17) is 4.74 Å².